The van der Waals surface area contributed by atoms with Gasteiger partial charge in [-0.25, -0.2) is 0 Å². The van der Waals surface area contributed by atoms with Crippen LogP contribution in [0.3, 0.4) is 0 Å². The maximum atomic E-state index is 12.5. The molecule has 6 aromatic carbocycles. The van der Waals surface area contributed by atoms with Gasteiger partial charge in [-0.2, -0.15) is 0 Å². The normalized spacial score (nSPS) is 19.2. The van der Waals surface area contributed by atoms with Crippen LogP contribution in [-0.2, 0) is 12.8 Å². The molecule has 0 saturated carbocycles. The number of nitrogens with one attached hydrogen (secondary N) is 2. The lowest BCUT2D eigenvalue weighted by molar-refractivity contribution is 0.401. The van der Waals surface area contributed by atoms with Crippen molar-refractivity contribution in [3.63, 3.8) is 0 Å². The third kappa shape index (κ3) is 5.61. The molecular formula is C46H48N2O8. The van der Waals surface area contributed by atoms with Gasteiger partial charge in [0, 0.05) is 69.7 Å². The summed E-state index contributed by atoms with van der Waals surface area (Å²) in [5.74, 6) is 0.187. The lowest BCUT2D eigenvalue weighted by Crippen LogP contribution is -2.36. The molecule has 0 fully saturated rings. The van der Waals surface area contributed by atoms with E-state index in [1.54, 1.807) is 12.1 Å². The minimum atomic E-state index is -0.209. The molecule has 2 aliphatic rings. The first-order valence-corrected chi connectivity index (χ1v) is 19.0. The quantitative estimate of drug-likeness (QED) is 0.0852. The Balaban J connectivity index is 1.55. The maximum absolute atomic E-state index is 12.5. The molecule has 4 atom stereocenters. The van der Waals surface area contributed by atoms with E-state index in [9.17, 15) is 30.6 Å². The number of phenolic OH excluding ortho intramolecular Hbond substituents is 6. The first-order chi connectivity index (χ1) is 26.6. The van der Waals surface area contributed by atoms with E-state index in [4.69, 9.17) is 9.47 Å². The van der Waals surface area contributed by atoms with Gasteiger partial charge in [-0.3, -0.25) is 0 Å². The molecule has 0 saturated heterocycles. The summed E-state index contributed by atoms with van der Waals surface area (Å²) in [5.41, 5.74) is 7.27. The predicted octanol–water partition coefficient (Wildman–Crippen LogP) is 9.05. The summed E-state index contributed by atoms with van der Waals surface area (Å²) in [6.07, 6.45) is 1.02. The highest BCUT2D eigenvalue weighted by Crippen LogP contribution is 2.56. The van der Waals surface area contributed by atoms with Crippen LogP contribution in [0.25, 0.3) is 54.9 Å². The number of aromatic hydroxyl groups is 6. The van der Waals surface area contributed by atoms with E-state index in [0.29, 0.717) is 79.3 Å². The number of rotatable bonds is 5. The molecule has 290 valence electrons. The molecule has 0 aliphatic carbocycles. The number of hydrogen-bond acceptors (Lipinski definition) is 10. The maximum Gasteiger partial charge on any atom is 0.135 e. The monoisotopic (exact) mass is 756 g/mol. The van der Waals surface area contributed by atoms with Crippen LogP contribution in [0.15, 0.2) is 48.5 Å². The highest BCUT2D eigenvalue weighted by atomic mass is 16.5. The number of methoxy groups -OCH3 is 2. The van der Waals surface area contributed by atoms with Gasteiger partial charge in [0.2, 0.25) is 0 Å². The zero-order valence-electron chi connectivity index (χ0n) is 32.8. The Kier molecular flexibility index (Phi) is 8.89. The first kappa shape index (κ1) is 37.1. The Morgan fingerprint density at radius 3 is 1.23 bits per heavy atom. The van der Waals surface area contributed by atoms with Gasteiger partial charge < -0.3 is 50.7 Å². The summed E-state index contributed by atoms with van der Waals surface area (Å²) in [4.78, 5) is 0. The fourth-order valence-corrected chi connectivity index (χ4v) is 9.60. The summed E-state index contributed by atoms with van der Waals surface area (Å²) in [6.45, 7) is 11.9. The second-order valence-electron chi connectivity index (χ2n) is 15.8. The van der Waals surface area contributed by atoms with Crippen molar-refractivity contribution in [1.82, 2.24) is 10.6 Å². The van der Waals surface area contributed by atoms with Crippen molar-refractivity contribution < 1.29 is 40.1 Å². The van der Waals surface area contributed by atoms with Crippen molar-refractivity contribution >= 4 is 21.5 Å². The van der Waals surface area contributed by atoms with Crippen LogP contribution in [0, 0.1) is 13.8 Å². The Labute approximate surface area is 325 Å². The van der Waals surface area contributed by atoms with Crippen LogP contribution in [0.4, 0.5) is 0 Å². The van der Waals surface area contributed by atoms with Crippen LogP contribution < -0.4 is 20.1 Å². The lowest BCUT2D eigenvalue weighted by atomic mass is 9.80. The van der Waals surface area contributed by atoms with Crippen LogP contribution in [0.2, 0.25) is 0 Å². The molecule has 0 radical (unpaired) electrons. The third-order valence-electron chi connectivity index (χ3n) is 11.7. The summed E-state index contributed by atoms with van der Waals surface area (Å²) in [6, 6.07) is 13.4. The van der Waals surface area contributed by atoms with Gasteiger partial charge in [-0.1, -0.05) is 12.1 Å². The highest BCUT2D eigenvalue weighted by molar-refractivity contribution is 6.13. The molecule has 6 aromatic rings. The molecule has 4 unspecified atom stereocenters. The fourth-order valence-electron chi connectivity index (χ4n) is 9.60. The number of benzene rings is 6. The Morgan fingerprint density at radius 2 is 0.875 bits per heavy atom. The zero-order chi connectivity index (χ0) is 40.1. The van der Waals surface area contributed by atoms with Crippen LogP contribution in [0.5, 0.6) is 46.0 Å². The summed E-state index contributed by atoms with van der Waals surface area (Å²) in [5, 5.41) is 79.7. The molecule has 2 heterocycles. The van der Waals surface area contributed by atoms with Gasteiger partial charge in [0.15, 0.2) is 0 Å². The number of aryl methyl sites for hydroxylation is 2. The SMILES string of the molecule is COc1cc(C)cc2c(-c3c(O)cc(O)c4c3CC(C)NC4C)cc(-c3cc(-c4c(O)cc(O)c5c4CC(C)NC5C)c4cc(C)cc(OC)c4c3O)c(O)c12. The average molecular weight is 757 g/mol. The minimum absolute atomic E-state index is 0.0136. The van der Waals surface area contributed by atoms with E-state index in [2.05, 4.69) is 24.5 Å². The van der Waals surface area contributed by atoms with Crippen molar-refractivity contribution in [1.29, 1.82) is 0 Å². The molecule has 0 aromatic heterocycles. The van der Waals surface area contributed by atoms with Crippen molar-refractivity contribution in [2.75, 3.05) is 14.2 Å². The number of fused-ring (bicyclic) bond motifs is 4. The highest BCUT2D eigenvalue weighted by Gasteiger charge is 2.33. The van der Waals surface area contributed by atoms with Gasteiger partial charge in [0.05, 0.1) is 25.0 Å². The van der Waals surface area contributed by atoms with Crippen LogP contribution >= 0.6 is 0 Å². The number of ether oxygens (including phenoxy) is 2. The third-order valence-corrected chi connectivity index (χ3v) is 11.7. The van der Waals surface area contributed by atoms with E-state index in [-0.39, 0.29) is 69.8 Å². The standard InChI is InChI=1S/C46H48N2O8/c1-19-9-25-27(41-31-13-21(3)47-23(5)39(31)33(49)17-35(41)51)15-29(45(53)43(25)37(11-19)55-7)30-16-28(26-10-20(2)12-38(56-8)44(26)46(30)54)42-32-14-22(4)48-24(6)40(32)34(50)18-36(42)52/h9-12,15-18,21-24,47-54H,13-14H2,1-8H3. The topological polar surface area (TPSA) is 164 Å². The number of hydrogen-bond donors (Lipinski definition) is 8. The van der Waals surface area contributed by atoms with Gasteiger partial charge in [-0.15, -0.1) is 0 Å². The summed E-state index contributed by atoms with van der Waals surface area (Å²) >= 11 is 0. The van der Waals surface area contributed by atoms with Crippen LogP contribution in [0.1, 0.15) is 73.2 Å². The Hall–Kier alpha value is -5.84. The molecule has 0 bridgehead atoms. The van der Waals surface area contributed by atoms with Crippen molar-refractivity contribution in [2.45, 2.75) is 78.6 Å². The molecule has 0 spiro atoms. The lowest BCUT2D eigenvalue weighted by Gasteiger charge is -2.32. The molecule has 10 nitrogen and oxygen atoms in total. The largest absolute Gasteiger partial charge is 0.507 e. The number of phenols is 6. The smallest absolute Gasteiger partial charge is 0.135 e. The van der Waals surface area contributed by atoms with Gasteiger partial charge in [-0.05, 0) is 123 Å². The molecule has 8 N–H and O–H groups in total. The van der Waals surface area contributed by atoms with E-state index in [1.165, 1.54) is 26.4 Å². The van der Waals surface area contributed by atoms with E-state index < -0.39 is 0 Å². The molecule has 2 aliphatic heterocycles. The van der Waals surface area contributed by atoms with Crippen molar-refractivity contribution in [3.8, 4) is 79.4 Å². The van der Waals surface area contributed by atoms with Crippen molar-refractivity contribution in [3.05, 3.63) is 81.9 Å². The molecular weight excluding hydrogens is 709 g/mol. The fraction of sp³-hybridized carbons (Fsp3) is 0.304. The second-order valence-corrected chi connectivity index (χ2v) is 15.8. The zero-order valence-corrected chi connectivity index (χ0v) is 32.8. The predicted molar refractivity (Wildman–Crippen MR) is 220 cm³/mol. The Bertz CT molecular complexity index is 2450. The van der Waals surface area contributed by atoms with Crippen LogP contribution in [-0.4, -0.2) is 56.9 Å². The Morgan fingerprint density at radius 1 is 0.500 bits per heavy atom. The molecule has 8 rings (SSSR count). The average Bonchev–Trinajstić information content (AvgIpc) is 3.11. The van der Waals surface area contributed by atoms with Gasteiger partial charge in [0.25, 0.3) is 0 Å². The first-order valence-electron chi connectivity index (χ1n) is 19.0. The van der Waals surface area contributed by atoms with Gasteiger partial charge in [0.1, 0.15) is 46.0 Å². The van der Waals surface area contributed by atoms with Crippen molar-refractivity contribution in [2.24, 2.45) is 0 Å². The molecule has 0 amide bonds. The van der Waals surface area contributed by atoms with E-state index >= 15 is 0 Å². The molecule has 56 heavy (non-hydrogen) atoms. The molecule has 10 heteroatoms. The van der Waals surface area contributed by atoms with E-state index in [0.717, 1.165) is 22.3 Å². The minimum Gasteiger partial charge on any atom is -0.507 e. The van der Waals surface area contributed by atoms with E-state index in [1.807, 2.05) is 52.0 Å². The summed E-state index contributed by atoms with van der Waals surface area (Å²) < 4.78 is 11.8. The second kappa shape index (κ2) is 13.4. The summed E-state index contributed by atoms with van der Waals surface area (Å²) in [7, 11) is 3.06. The van der Waals surface area contributed by atoms with Gasteiger partial charge >= 0.3 is 0 Å².